The van der Waals surface area contributed by atoms with Crippen molar-refractivity contribution in [1.82, 2.24) is 15.1 Å². The molecule has 1 saturated heterocycles. The summed E-state index contributed by atoms with van der Waals surface area (Å²) in [5.74, 6) is 0.657. The summed E-state index contributed by atoms with van der Waals surface area (Å²) in [4.78, 5) is 27.8. The van der Waals surface area contributed by atoms with E-state index in [4.69, 9.17) is 0 Å². The minimum Gasteiger partial charge on any atom is -0.352 e. The van der Waals surface area contributed by atoms with Crippen molar-refractivity contribution in [2.45, 2.75) is 13.8 Å². The number of aromatic nitrogens is 2. The van der Waals surface area contributed by atoms with Gasteiger partial charge in [-0.15, -0.1) is 5.10 Å². The molecular formula is C18H21N5O2. The molecule has 2 amide bonds. The quantitative estimate of drug-likeness (QED) is 0.921. The second-order valence-electron chi connectivity index (χ2n) is 6.07. The molecule has 2 aromatic rings. The van der Waals surface area contributed by atoms with Crippen LogP contribution in [0, 0.1) is 6.92 Å². The Labute approximate surface area is 146 Å². The highest BCUT2D eigenvalue weighted by molar-refractivity contribution is 5.97. The average molecular weight is 339 g/mol. The summed E-state index contributed by atoms with van der Waals surface area (Å²) in [5.41, 5.74) is 2.10. The predicted octanol–water partition coefficient (Wildman–Crippen LogP) is 1.71. The van der Waals surface area contributed by atoms with Gasteiger partial charge in [-0.25, -0.2) is 0 Å². The van der Waals surface area contributed by atoms with Gasteiger partial charge in [0, 0.05) is 44.4 Å². The van der Waals surface area contributed by atoms with Gasteiger partial charge >= 0.3 is 0 Å². The molecular weight excluding hydrogens is 318 g/mol. The number of rotatable bonds is 3. The molecule has 1 N–H and O–H groups in total. The van der Waals surface area contributed by atoms with Gasteiger partial charge in [-0.05, 0) is 37.3 Å². The average Bonchev–Trinajstić information content (AvgIpc) is 2.62. The fourth-order valence-electron chi connectivity index (χ4n) is 2.82. The first-order valence-corrected chi connectivity index (χ1v) is 8.25. The number of hydrogen-bond acceptors (Lipinski definition) is 5. The van der Waals surface area contributed by atoms with E-state index in [0.29, 0.717) is 24.3 Å². The minimum atomic E-state index is -0.155. The van der Waals surface area contributed by atoms with Gasteiger partial charge < -0.3 is 15.1 Å². The Morgan fingerprint density at radius 2 is 1.80 bits per heavy atom. The number of carbonyl (C=O) groups excluding carboxylic acids is 2. The maximum atomic E-state index is 12.7. The molecule has 130 valence electrons. The molecule has 0 radical (unpaired) electrons. The molecule has 0 unspecified atom stereocenters. The number of piperazine rings is 1. The van der Waals surface area contributed by atoms with Gasteiger partial charge in [0.05, 0.1) is 5.69 Å². The van der Waals surface area contributed by atoms with Gasteiger partial charge in [-0.3, -0.25) is 9.59 Å². The predicted molar refractivity (Wildman–Crippen MR) is 95.6 cm³/mol. The van der Waals surface area contributed by atoms with Crippen LogP contribution in [0.1, 0.15) is 23.0 Å². The molecule has 1 aliphatic heterocycles. The van der Waals surface area contributed by atoms with E-state index in [-0.39, 0.29) is 11.8 Å². The molecule has 1 aliphatic rings. The first kappa shape index (κ1) is 16.9. The number of amides is 2. The molecule has 0 aliphatic carbocycles. The summed E-state index contributed by atoms with van der Waals surface area (Å²) < 4.78 is 0. The third kappa shape index (κ3) is 4.12. The highest BCUT2D eigenvalue weighted by atomic mass is 16.2. The zero-order chi connectivity index (χ0) is 17.8. The third-order valence-corrected chi connectivity index (χ3v) is 4.10. The molecule has 1 fully saturated rings. The first-order chi connectivity index (χ1) is 12.0. The lowest BCUT2D eigenvalue weighted by Gasteiger charge is -2.35. The van der Waals surface area contributed by atoms with Crippen molar-refractivity contribution < 1.29 is 9.59 Å². The van der Waals surface area contributed by atoms with Crippen molar-refractivity contribution in [3.05, 3.63) is 47.7 Å². The van der Waals surface area contributed by atoms with Crippen LogP contribution in [0.4, 0.5) is 11.5 Å². The number of carbonyl (C=O) groups is 2. The van der Waals surface area contributed by atoms with Crippen LogP contribution < -0.4 is 10.2 Å². The Balaban J connectivity index is 1.63. The van der Waals surface area contributed by atoms with Crippen molar-refractivity contribution in [3.63, 3.8) is 0 Å². The van der Waals surface area contributed by atoms with E-state index < -0.39 is 0 Å². The summed E-state index contributed by atoms with van der Waals surface area (Å²) in [6, 6.07) is 10.9. The normalized spacial score (nSPS) is 14.3. The standard InChI is InChI=1S/C18H21N5O2/c1-13-6-7-17(21-20-13)22-8-10-23(11-9-22)18(25)15-4-3-5-16(12-15)19-14(2)24/h3-7,12H,8-11H2,1-2H3,(H,19,24). The lowest BCUT2D eigenvalue weighted by Crippen LogP contribution is -2.49. The van der Waals surface area contributed by atoms with Gasteiger partial charge in [0.15, 0.2) is 5.82 Å². The fraction of sp³-hybridized carbons (Fsp3) is 0.333. The molecule has 7 heteroatoms. The van der Waals surface area contributed by atoms with Gasteiger partial charge in [0.2, 0.25) is 5.91 Å². The van der Waals surface area contributed by atoms with Crippen molar-refractivity contribution in [1.29, 1.82) is 0 Å². The van der Waals surface area contributed by atoms with Crippen LogP contribution in [-0.4, -0.2) is 53.1 Å². The highest BCUT2D eigenvalue weighted by Crippen LogP contribution is 2.16. The zero-order valence-corrected chi connectivity index (χ0v) is 14.4. The monoisotopic (exact) mass is 339 g/mol. The number of benzene rings is 1. The van der Waals surface area contributed by atoms with E-state index >= 15 is 0 Å². The van der Waals surface area contributed by atoms with E-state index in [9.17, 15) is 9.59 Å². The van der Waals surface area contributed by atoms with Crippen LogP contribution >= 0.6 is 0 Å². The lowest BCUT2D eigenvalue weighted by atomic mass is 10.1. The van der Waals surface area contributed by atoms with E-state index in [1.807, 2.05) is 24.0 Å². The second kappa shape index (κ2) is 7.29. The Kier molecular flexibility index (Phi) is 4.92. The van der Waals surface area contributed by atoms with Gasteiger partial charge in [-0.1, -0.05) is 6.07 Å². The van der Waals surface area contributed by atoms with Gasteiger partial charge in [-0.2, -0.15) is 5.10 Å². The Hall–Kier alpha value is -2.96. The molecule has 0 spiro atoms. The van der Waals surface area contributed by atoms with Crippen molar-refractivity contribution in [3.8, 4) is 0 Å². The summed E-state index contributed by atoms with van der Waals surface area (Å²) in [5, 5.41) is 11.0. The number of aryl methyl sites for hydroxylation is 1. The molecule has 0 atom stereocenters. The van der Waals surface area contributed by atoms with Crippen LogP contribution in [-0.2, 0) is 4.79 Å². The van der Waals surface area contributed by atoms with Crippen LogP contribution in [0.15, 0.2) is 36.4 Å². The molecule has 3 rings (SSSR count). The van der Waals surface area contributed by atoms with Gasteiger partial charge in [0.25, 0.3) is 5.91 Å². The second-order valence-corrected chi connectivity index (χ2v) is 6.07. The van der Waals surface area contributed by atoms with Gasteiger partial charge in [0.1, 0.15) is 0 Å². The van der Waals surface area contributed by atoms with E-state index in [1.54, 1.807) is 24.3 Å². The maximum Gasteiger partial charge on any atom is 0.254 e. The fourth-order valence-corrected chi connectivity index (χ4v) is 2.82. The molecule has 1 aromatic carbocycles. The summed E-state index contributed by atoms with van der Waals surface area (Å²) in [6.07, 6.45) is 0. The van der Waals surface area contributed by atoms with Crippen LogP contribution in [0.5, 0.6) is 0 Å². The largest absolute Gasteiger partial charge is 0.352 e. The number of nitrogens with one attached hydrogen (secondary N) is 1. The Morgan fingerprint density at radius 3 is 2.44 bits per heavy atom. The number of anilines is 2. The van der Waals surface area contributed by atoms with Crippen LogP contribution in [0.25, 0.3) is 0 Å². The number of nitrogens with zero attached hydrogens (tertiary/aromatic N) is 4. The van der Waals surface area contributed by atoms with E-state index in [1.165, 1.54) is 6.92 Å². The molecule has 7 nitrogen and oxygen atoms in total. The van der Waals surface area contributed by atoms with Crippen LogP contribution in [0.2, 0.25) is 0 Å². The van der Waals surface area contributed by atoms with Crippen molar-refractivity contribution >= 4 is 23.3 Å². The minimum absolute atomic E-state index is 0.0261. The summed E-state index contributed by atoms with van der Waals surface area (Å²) in [6.45, 7) is 6.03. The van der Waals surface area contributed by atoms with Crippen molar-refractivity contribution in [2.75, 3.05) is 36.4 Å². The lowest BCUT2D eigenvalue weighted by molar-refractivity contribution is -0.114. The van der Waals surface area contributed by atoms with E-state index in [0.717, 1.165) is 24.6 Å². The maximum absolute atomic E-state index is 12.7. The molecule has 0 saturated carbocycles. The molecule has 1 aromatic heterocycles. The summed E-state index contributed by atoms with van der Waals surface area (Å²) in [7, 11) is 0. The topological polar surface area (TPSA) is 78.4 Å². The molecule has 2 heterocycles. The Bertz CT molecular complexity index is 767. The van der Waals surface area contributed by atoms with E-state index in [2.05, 4.69) is 20.4 Å². The first-order valence-electron chi connectivity index (χ1n) is 8.25. The Morgan fingerprint density at radius 1 is 1.04 bits per heavy atom. The zero-order valence-electron chi connectivity index (χ0n) is 14.4. The van der Waals surface area contributed by atoms with Crippen LogP contribution in [0.3, 0.4) is 0 Å². The smallest absolute Gasteiger partial charge is 0.254 e. The summed E-state index contributed by atoms with van der Waals surface area (Å²) >= 11 is 0. The number of hydrogen-bond donors (Lipinski definition) is 1. The van der Waals surface area contributed by atoms with Crippen molar-refractivity contribution in [2.24, 2.45) is 0 Å². The highest BCUT2D eigenvalue weighted by Gasteiger charge is 2.23. The SMILES string of the molecule is CC(=O)Nc1cccc(C(=O)N2CCN(c3ccc(C)nn3)CC2)c1. The molecule has 25 heavy (non-hydrogen) atoms. The molecule has 0 bridgehead atoms. The third-order valence-electron chi connectivity index (χ3n) is 4.10.